The van der Waals surface area contributed by atoms with Crippen molar-refractivity contribution in [1.29, 1.82) is 0 Å². The lowest BCUT2D eigenvalue weighted by Gasteiger charge is -2.18. The third-order valence-electron chi connectivity index (χ3n) is 6.23. The summed E-state index contributed by atoms with van der Waals surface area (Å²) in [6.07, 6.45) is -0.467. The van der Waals surface area contributed by atoms with E-state index in [2.05, 4.69) is 0 Å². The molecule has 218 valence electrons. The van der Waals surface area contributed by atoms with Gasteiger partial charge in [0.15, 0.2) is 34.6 Å². The number of ether oxygens (including phenoxy) is 7. The number of rotatable bonds is 15. The van der Waals surface area contributed by atoms with Gasteiger partial charge in [-0.15, -0.1) is 0 Å². The summed E-state index contributed by atoms with van der Waals surface area (Å²) in [6.45, 7) is 1.84. The zero-order valence-electron chi connectivity index (χ0n) is 24.0. The maximum atomic E-state index is 13.8. The zero-order valence-corrected chi connectivity index (χ0v) is 24.0. The minimum absolute atomic E-state index is 0.0261. The van der Waals surface area contributed by atoms with E-state index in [0.717, 1.165) is 5.56 Å². The molecule has 0 fully saturated rings. The molecule has 3 aromatic carbocycles. The fraction of sp³-hybridized carbons (Fsp3) is 0.323. The average Bonchev–Trinajstić information content (AvgIpc) is 3.01. The van der Waals surface area contributed by atoms with Crippen LogP contribution < -0.4 is 28.4 Å². The number of methoxy groups -OCH3 is 5. The van der Waals surface area contributed by atoms with Gasteiger partial charge >= 0.3 is 5.97 Å². The van der Waals surface area contributed by atoms with Crippen LogP contribution in [0.3, 0.4) is 0 Å². The predicted octanol–water partition coefficient (Wildman–Crippen LogP) is 4.94. The average molecular weight is 567 g/mol. The molecular formula is C31H34O10. The molecule has 0 N–H and O–H groups in total. The molecule has 41 heavy (non-hydrogen) atoms. The van der Waals surface area contributed by atoms with E-state index in [1.54, 1.807) is 6.92 Å². The maximum absolute atomic E-state index is 13.8. The van der Waals surface area contributed by atoms with E-state index in [1.165, 1.54) is 59.8 Å². The summed E-state index contributed by atoms with van der Waals surface area (Å²) >= 11 is 0. The highest BCUT2D eigenvalue weighted by Gasteiger charge is 2.33. The Balaban J connectivity index is 1.99. The quantitative estimate of drug-likeness (QED) is 0.142. The van der Waals surface area contributed by atoms with Gasteiger partial charge in [-0.25, -0.2) is 0 Å². The van der Waals surface area contributed by atoms with Crippen LogP contribution in [0.15, 0.2) is 54.6 Å². The van der Waals surface area contributed by atoms with Crippen LogP contribution in [0.1, 0.15) is 39.6 Å². The first kappa shape index (κ1) is 30.8. The van der Waals surface area contributed by atoms with Crippen LogP contribution in [0, 0.1) is 5.92 Å². The van der Waals surface area contributed by atoms with E-state index in [1.807, 2.05) is 30.3 Å². The number of Topliss-reactive ketones (excluding diaryl/α,β-unsaturated/α-hetero) is 2. The Hall–Kier alpha value is -4.73. The molecule has 0 aliphatic rings. The molecule has 0 bridgehead atoms. The second-order valence-corrected chi connectivity index (χ2v) is 8.69. The highest BCUT2D eigenvalue weighted by atomic mass is 16.5. The second kappa shape index (κ2) is 14.6. The van der Waals surface area contributed by atoms with Gasteiger partial charge in [-0.3, -0.25) is 14.4 Å². The van der Waals surface area contributed by atoms with E-state index in [4.69, 9.17) is 33.2 Å². The highest BCUT2D eigenvalue weighted by molar-refractivity contribution is 6.13. The van der Waals surface area contributed by atoms with E-state index in [0.29, 0.717) is 5.75 Å². The summed E-state index contributed by atoms with van der Waals surface area (Å²) in [5.74, 6) is -1.87. The van der Waals surface area contributed by atoms with Gasteiger partial charge in [0.2, 0.25) is 11.5 Å². The molecule has 1 atom stereocenters. The monoisotopic (exact) mass is 566 g/mol. The number of benzene rings is 3. The SMILES string of the molecule is CCOC(=O)C(CC(=O)c1cc(OC)c(OC)c(OC)c1)C(=O)c1cc(OC)c(OC)c(OCc2ccccc2)c1. The lowest BCUT2D eigenvalue weighted by Crippen LogP contribution is -2.29. The van der Waals surface area contributed by atoms with Gasteiger partial charge in [0.25, 0.3) is 0 Å². The molecule has 0 heterocycles. The van der Waals surface area contributed by atoms with E-state index < -0.39 is 29.9 Å². The van der Waals surface area contributed by atoms with Crippen molar-refractivity contribution in [2.75, 3.05) is 42.2 Å². The first-order valence-corrected chi connectivity index (χ1v) is 12.8. The third-order valence-corrected chi connectivity index (χ3v) is 6.23. The summed E-state index contributed by atoms with van der Waals surface area (Å²) < 4.78 is 38.1. The van der Waals surface area contributed by atoms with Crippen molar-refractivity contribution in [2.45, 2.75) is 20.0 Å². The lowest BCUT2D eigenvalue weighted by molar-refractivity contribution is -0.146. The minimum Gasteiger partial charge on any atom is -0.493 e. The lowest BCUT2D eigenvalue weighted by atomic mass is 9.90. The highest BCUT2D eigenvalue weighted by Crippen LogP contribution is 2.41. The maximum Gasteiger partial charge on any atom is 0.317 e. The third kappa shape index (κ3) is 7.27. The number of esters is 1. The van der Waals surface area contributed by atoms with Gasteiger partial charge in [0, 0.05) is 17.5 Å². The summed E-state index contributed by atoms with van der Waals surface area (Å²) in [6, 6.07) is 15.3. The molecule has 0 radical (unpaired) electrons. The normalized spacial score (nSPS) is 11.2. The van der Waals surface area contributed by atoms with Crippen LogP contribution in [0.25, 0.3) is 0 Å². The molecule has 3 rings (SSSR count). The predicted molar refractivity (Wildman–Crippen MR) is 150 cm³/mol. The van der Waals surface area contributed by atoms with Crippen molar-refractivity contribution in [3.8, 4) is 34.5 Å². The van der Waals surface area contributed by atoms with Gasteiger partial charge in [-0.05, 0) is 36.8 Å². The van der Waals surface area contributed by atoms with Gasteiger partial charge < -0.3 is 33.2 Å². The Morgan fingerprint density at radius 1 is 0.683 bits per heavy atom. The van der Waals surface area contributed by atoms with Crippen molar-refractivity contribution in [3.05, 3.63) is 71.3 Å². The van der Waals surface area contributed by atoms with E-state index >= 15 is 0 Å². The van der Waals surface area contributed by atoms with Gasteiger partial charge in [0.05, 0.1) is 42.2 Å². The van der Waals surface area contributed by atoms with Gasteiger partial charge in [-0.2, -0.15) is 0 Å². The Morgan fingerprint density at radius 2 is 1.20 bits per heavy atom. The van der Waals surface area contributed by atoms with Crippen molar-refractivity contribution >= 4 is 17.5 Å². The summed E-state index contributed by atoms with van der Waals surface area (Å²) in [5.41, 5.74) is 1.15. The Labute approximate surface area is 239 Å². The van der Waals surface area contributed by atoms with Crippen LogP contribution in [-0.4, -0.2) is 59.7 Å². The van der Waals surface area contributed by atoms with Crippen LogP contribution >= 0.6 is 0 Å². The molecule has 0 spiro atoms. The number of carbonyl (C=O) groups excluding carboxylic acids is 3. The molecule has 0 aliphatic carbocycles. The first-order chi connectivity index (χ1) is 19.8. The van der Waals surface area contributed by atoms with Crippen molar-refractivity contribution in [3.63, 3.8) is 0 Å². The second-order valence-electron chi connectivity index (χ2n) is 8.69. The number of hydrogen-bond donors (Lipinski definition) is 0. The molecule has 0 amide bonds. The molecule has 0 saturated carbocycles. The first-order valence-electron chi connectivity index (χ1n) is 12.8. The molecule has 3 aromatic rings. The smallest absolute Gasteiger partial charge is 0.317 e. The topological polar surface area (TPSA) is 116 Å². The van der Waals surface area contributed by atoms with Crippen LogP contribution in [0.5, 0.6) is 34.5 Å². The summed E-state index contributed by atoms with van der Waals surface area (Å²) in [4.78, 5) is 40.2. The van der Waals surface area contributed by atoms with E-state index in [-0.39, 0.29) is 53.1 Å². The van der Waals surface area contributed by atoms with Crippen LogP contribution in [-0.2, 0) is 16.1 Å². The number of hydrogen-bond acceptors (Lipinski definition) is 10. The van der Waals surface area contributed by atoms with Crippen molar-refractivity contribution < 1.29 is 47.5 Å². The van der Waals surface area contributed by atoms with Gasteiger partial charge in [0.1, 0.15) is 12.5 Å². The van der Waals surface area contributed by atoms with Crippen LogP contribution in [0.4, 0.5) is 0 Å². The van der Waals surface area contributed by atoms with Crippen LogP contribution in [0.2, 0.25) is 0 Å². The molecule has 0 aliphatic heterocycles. The molecular weight excluding hydrogens is 532 g/mol. The summed E-state index contributed by atoms with van der Waals surface area (Å²) in [7, 11) is 7.16. The summed E-state index contributed by atoms with van der Waals surface area (Å²) in [5, 5.41) is 0. The Kier molecular flexibility index (Phi) is 11.0. The minimum atomic E-state index is -1.44. The van der Waals surface area contributed by atoms with Crippen molar-refractivity contribution in [2.24, 2.45) is 5.92 Å². The Bertz CT molecular complexity index is 1340. The fourth-order valence-electron chi connectivity index (χ4n) is 4.19. The largest absolute Gasteiger partial charge is 0.493 e. The molecule has 1 unspecified atom stereocenters. The molecule has 10 heteroatoms. The van der Waals surface area contributed by atoms with E-state index in [9.17, 15) is 14.4 Å². The number of ketones is 2. The standard InChI is InChI=1S/C31H34O10/c1-7-40-31(34)22(17-23(32)20-13-24(35-2)29(38-5)25(14-20)36-3)28(33)21-15-26(37-4)30(39-6)27(16-21)41-18-19-11-9-8-10-12-19/h8-16,22H,7,17-18H2,1-6H3. The molecule has 0 saturated heterocycles. The van der Waals surface area contributed by atoms with Crippen molar-refractivity contribution in [1.82, 2.24) is 0 Å². The fourth-order valence-corrected chi connectivity index (χ4v) is 4.19. The zero-order chi connectivity index (χ0) is 29.9. The molecule has 0 aromatic heterocycles. The molecule has 10 nitrogen and oxygen atoms in total. The van der Waals surface area contributed by atoms with Gasteiger partial charge in [-0.1, -0.05) is 30.3 Å². The number of carbonyl (C=O) groups is 3. The Morgan fingerprint density at radius 3 is 1.71 bits per heavy atom.